The predicted molar refractivity (Wildman–Crippen MR) is 71.9 cm³/mol. The minimum absolute atomic E-state index is 0.684. The van der Waals surface area contributed by atoms with Crippen molar-refractivity contribution in [2.75, 3.05) is 26.4 Å². The van der Waals surface area contributed by atoms with Crippen molar-refractivity contribution in [3.05, 3.63) is 18.0 Å². The molecule has 0 aliphatic carbocycles. The molecule has 1 aliphatic rings. The smallest absolute Gasteiger partial charge is 0.163 e. The summed E-state index contributed by atoms with van der Waals surface area (Å²) in [4.78, 5) is 7.85. The molecule has 1 aromatic carbocycles. The highest BCUT2D eigenvalue weighted by Crippen LogP contribution is 2.33. The molecule has 19 heavy (non-hydrogen) atoms. The van der Waals surface area contributed by atoms with E-state index in [-0.39, 0.29) is 0 Å². The molecule has 0 amide bonds. The Balaban J connectivity index is 1.86. The van der Waals surface area contributed by atoms with E-state index in [1.807, 2.05) is 19.1 Å². The van der Waals surface area contributed by atoms with Gasteiger partial charge < -0.3 is 19.2 Å². The van der Waals surface area contributed by atoms with Crippen LogP contribution in [-0.2, 0) is 11.2 Å². The van der Waals surface area contributed by atoms with Crippen LogP contribution in [0.2, 0.25) is 0 Å². The minimum atomic E-state index is 0.684. The molecular weight excluding hydrogens is 244 g/mol. The van der Waals surface area contributed by atoms with Crippen molar-refractivity contribution < 1.29 is 14.2 Å². The number of nitrogens with one attached hydrogen (secondary N) is 1. The van der Waals surface area contributed by atoms with Crippen molar-refractivity contribution in [3.8, 4) is 11.5 Å². The fraction of sp³-hybridized carbons (Fsp3) is 0.500. The number of rotatable bonds is 4. The van der Waals surface area contributed by atoms with Gasteiger partial charge in [-0.1, -0.05) is 0 Å². The maximum Gasteiger partial charge on any atom is 0.163 e. The summed E-state index contributed by atoms with van der Waals surface area (Å²) in [5.74, 6) is 2.52. The number of aromatic nitrogens is 2. The van der Waals surface area contributed by atoms with E-state index in [4.69, 9.17) is 14.2 Å². The minimum Gasteiger partial charge on any atom is -0.489 e. The number of fused-ring (bicyclic) bond motifs is 2. The second kappa shape index (κ2) is 5.48. The summed E-state index contributed by atoms with van der Waals surface area (Å²) in [6, 6.07) is 3.91. The zero-order valence-corrected chi connectivity index (χ0v) is 11.1. The number of hydrogen-bond acceptors (Lipinski definition) is 4. The zero-order chi connectivity index (χ0) is 13.1. The topological polar surface area (TPSA) is 56.4 Å². The van der Waals surface area contributed by atoms with Gasteiger partial charge in [0, 0.05) is 31.6 Å². The quantitative estimate of drug-likeness (QED) is 0.859. The molecule has 1 aliphatic heterocycles. The largest absolute Gasteiger partial charge is 0.489 e. The molecule has 0 bridgehead atoms. The first kappa shape index (κ1) is 12.3. The van der Waals surface area contributed by atoms with Gasteiger partial charge in [0.15, 0.2) is 11.5 Å². The van der Waals surface area contributed by atoms with Crippen LogP contribution in [0.3, 0.4) is 0 Å². The van der Waals surface area contributed by atoms with Crippen LogP contribution in [-0.4, -0.2) is 36.4 Å². The van der Waals surface area contributed by atoms with Gasteiger partial charge >= 0.3 is 0 Å². The van der Waals surface area contributed by atoms with E-state index in [0.29, 0.717) is 19.8 Å². The fourth-order valence-electron chi connectivity index (χ4n) is 2.15. The van der Waals surface area contributed by atoms with Gasteiger partial charge in [-0.2, -0.15) is 0 Å². The Kier molecular flexibility index (Phi) is 3.55. The lowest BCUT2D eigenvalue weighted by Crippen LogP contribution is -1.99. The highest BCUT2D eigenvalue weighted by Gasteiger charge is 2.13. The Bertz CT molecular complexity index is 522. The average molecular weight is 262 g/mol. The maximum atomic E-state index is 5.67. The zero-order valence-electron chi connectivity index (χ0n) is 11.1. The molecule has 5 nitrogen and oxygen atoms in total. The Morgan fingerprint density at radius 2 is 2.05 bits per heavy atom. The molecule has 2 aromatic rings. The lowest BCUT2D eigenvalue weighted by Gasteiger charge is -2.05. The van der Waals surface area contributed by atoms with E-state index in [2.05, 4.69) is 9.97 Å². The molecule has 0 atom stereocenters. The monoisotopic (exact) mass is 262 g/mol. The van der Waals surface area contributed by atoms with E-state index in [1.54, 1.807) is 0 Å². The van der Waals surface area contributed by atoms with Crippen LogP contribution in [0.5, 0.6) is 11.5 Å². The van der Waals surface area contributed by atoms with Gasteiger partial charge in [0.25, 0.3) is 0 Å². The van der Waals surface area contributed by atoms with E-state index < -0.39 is 0 Å². The van der Waals surface area contributed by atoms with E-state index in [0.717, 1.165) is 47.8 Å². The lowest BCUT2D eigenvalue weighted by atomic mass is 10.3. The SMILES string of the molecule is CCOCCc1nc2cc3c(cc2[nH]1)OCCCO3. The van der Waals surface area contributed by atoms with Crippen LogP contribution in [0.15, 0.2) is 12.1 Å². The van der Waals surface area contributed by atoms with Gasteiger partial charge in [-0.05, 0) is 6.92 Å². The van der Waals surface area contributed by atoms with Crippen molar-refractivity contribution in [3.63, 3.8) is 0 Å². The summed E-state index contributed by atoms with van der Waals surface area (Å²) >= 11 is 0. The number of ether oxygens (including phenoxy) is 3. The van der Waals surface area contributed by atoms with Crippen LogP contribution in [0.25, 0.3) is 11.0 Å². The normalized spacial score (nSPS) is 14.6. The molecule has 2 heterocycles. The molecule has 102 valence electrons. The molecular formula is C14H18N2O3. The predicted octanol–water partition coefficient (Wildman–Crippen LogP) is 2.30. The molecule has 0 saturated carbocycles. The van der Waals surface area contributed by atoms with Gasteiger partial charge in [0.05, 0.1) is 30.9 Å². The van der Waals surface area contributed by atoms with E-state index >= 15 is 0 Å². The van der Waals surface area contributed by atoms with Gasteiger partial charge in [0.1, 0.15) is 5.82 Å². The average Bonchev–Trinajstić information content (AvgIpc) is 2.65. The third-order valence-corrected chi connectivity index (χ3v) is 3.09. The molecule has 0 radical (unpaired) electrons. The first-order valence-electron chi connectivity index (χ1n) is 6.73. The Morgan fingerprint density at radius 3 is 2.84 bits per heavy atom. The Morgan fingerprint density at radius 1 is 1.26 bits per heavy atom. The van der Waals surface area contributed by atoms with Crippen LogP contribution >= 0.6 is 0 Å². The molecule has 0 spiro atoms. The molecule has 3 rings (SSSR count). The number of hydrogen-bond donors (Lipinski definition) is 1. The third kappa shape index (κ3) is 2.66. The van der Waals surface area contributed by atoms with Crippen LogP contribution in [0, 0.1) is 0 Å². The van der Waals surface area contributed by atoms with Crippen molar-refractivity contribution >= 4 is 11.0 Å². The van der Waals surface area contributed by atoms with Crippen LogP contribution in [0.4, 0.5) is 0 Å². The number of H-pyrrole nitrogens is 1. The summed E-state index contributed by atoms with van der Waals surface area (Å²) in [6.45, 7) is 4.80. The number of imidazole rings is 1. The summed E-state index contributed by atoms with van der Waals surface area (Å²) in [7, 11) is 0. The van der Waals surface area contributed by atoms with Gasteiger partial charge in [-0.3, -0.25) is 0 Å². The van der Waals surface area contributed by atoms with Gasteiger partial charge in [-0.15, -0.1) is 0 Å². The van der Waals surface area contributed by atoms with Crippen LogP contribution in [0.1, 0.15) is 19.2 Å². The second-order valence-corrected chi connectivity index (χ2v) is 4.50. The fourth-order valence-corrected chi connectivity index (χ4v) is 2.15. The van der Waals surface area contributed by atoms with Gasteiger partial charge in [0.2, 0.25) is 0 Å². The summed E-state index contributed by atoms with van der Waals surface area (Å²) < 4.78 is 16.7. The highest BCUT2D eigenvalue weighted by molar-refractivity contribution is 5.79. The molecule has 1 aromatic heterocycles. The third-order valence-electron chi connectivity index (χ3n) is 3.09. The van der Waals surface area contributed by atoms with Gasteiger partial charge in [-0.25, -0.2) is 4.98 Å². The van der Waals surface area contributed by atoms with Crippen LogP contribution < -0.4 is 9.47 Å². The van der Waals surface area contributed by atoms with Crippen molar-refractivity contribution in [1.82, 2.24) is 9.97 Å². The molecule has 0 unspecified atom stereocenters. The van der Waals surface area contributed by atoms with Crippen molar-refractivity contribution in [1.29, 1.82) is 0 Å². The van der Waals surface area contributed by atoms with Crippen molar-refractivity contribution in [2.24, 2.45) is 0 Å². The number of aromatic amines is 1. The molecule has 5 heteroatoms. The molecule has 0 saturated heterocycles. The Hall–Kier alpha value is -1.75. The number of benzene rings is 1. The standard InChI is InChI=1S/C14H18N2O3/c1-2-17-7-4-14-15-10-8-12-13(9-11(10)16-14)19-6-3-5-18-12/h8-9H,2-7H2,1H3,(H,15,16). The summed E-state index contributed by atoms with van der Waals surface area (Å²) in [5, 5.41) is 0. The van der Waals surface area contributed by atoms with E-state index in [1.165, 1.54) is 0 Å². The van der Waals surface area contributed by atoms with Crippen molar-refractivity contribution in [2.45, 2.75) is 19.8 Å². The highest BCUT2D eigenvalue weighted by atomic mass is 16.5. The van der Waals surface area contributed by atoms with E-state index in [9.17, 15) is 0 Å². The molecule has 0 fully saturated rings. The second-order valence-electron chi connectivity index (χ2n) is 4.50. The maximum absolute atomic E-state index is 5.67. The first-order valence-corrected chi connectivity index (χ1v) is 6.73. The Labute approximate surface area is 111 Å². The molecule has 1 N–H and O–H groups in total. The number of nitrogens with zero attached hydrogens (tertiary/aromatic N) is 1. The summed E-state index contributed by atoms with van der Waals surface area (Å²) in [5.41, 5.74) is 1.89. The lowest BCUT2D eigenvalue weighted by molar-refractivity contribution is 0.149. The first-order chi connectivity index (χ1) is 9.36. The summed E-state index contributed by atoms with van der Waals surface area (Å²) in [6.07, 6.45) is 1.70.